The number of hydrogen-bond acceptors (Lipinski definition) is 6. The highest BCUT2D eigenvalue weighted by atomic mass is 16.5. The fourth-order valence-electron chi connectivity index (χ4n) is 3.73. The third-order valence-electron chi connectivity index (χ3n) is 5.15. The van der Waals surface area contributed by atoms with Crippen LogP contribution in [0.1, 0.15) is 32.5 Å². The molecule has 1 amide bonds. The SMILES string of the molecule is CCCN(CC(=O)Nc1c(OC)nc(C)nc1N(CCC)c1ccccc1)c1ccccc1. The third kappa shape index (κ3) is 6.22. The van der Waals surface area contributed by atoms with Crippen LogP contribution >= 0.6 is 0 Å². The van der Waals surface area contributed by atoms with Crippen LogP contribution in [-0.4, -0.2) is 42.6 Å². The largest absolute Gasteiger partial charge is 0.479 e. The minimum atomic E-state index is -0.149. The third-order valence-corrected chi connectivity index (χ3v) is 5.15. The molecule has 2 aromatic carbocycles. The Morgan fingerprint density at radius 3 is 2.09 bits per heavy atom. The molecule has 7 nitrogen and oxygen atoms in total. The van der Waals surface area contributed by atoms with Crippen molar-refractivity contribution in [2.75, 3.05) is 41.9 Å². The first-order valence-corrected chi connectivity index (χ1v) is 11.4. The van der Waals surface area contributed by atoms with Gasteiger partial charge in [0.1, 0.15) is 11.5 Å². The molecule has 3 rings (SSSR count). The molecule has 0 saturated heterocycles. The lowest BCUT2D eigenvalue weighted by atomic mass is 10.2. The Hall–Kier alpha value is -3.61. The number of para-hydroxylation sites is 2. The first kappa shape index (κ1) is 24.0. The molecule has 0 radical (unpaired) electrons. The van der Waals surface area contributed by atoms with Crippen LogP contribution in [0.2, 0.25) is 0 Å². The molecule has 0 bridgehead atoms. The van der Waals surface area contributed by atoms with Gasteiger partial charge in [0.15, 0.2) is 5.82 Å². The van der Waals surface area contributed by atoms with Crippen molar-refractivity contribution in [1.29, 1.82) is 0 Å². The van der Waals surface area contributed by atoms with Crippen LogP contribution in [-0.2, 0) is 4.79 Å². The zero-order valence-corrected chi connectivity index (χ0v) is 19.9. The van der Waals surface area contributed by atoms with Gasteiger partial charge < -0.3 is 19.9 Å². The van der Waals surface area contributed by atoms with Crippen molar-refractivity contribution >= 4 is 28.8 Å². The second kappa shape index (κ2) is 11.9. The maximum atomic E-state index is 13.2. The minimum absolute atomic E-state index is 0.149. The summed E-state index contributed by atoms with van der Waals surface area (Å²) in [5.41, 5.74) is 2.49. The smallest absolute Gasteiger partial charge is 0.244 e. The molecular weight excluding hydrogens is 414 g/mol. The summed E-state index contributed by atoms with van der Waals surface area (Å²) in [5.74, 6) is 1.41. The molecule has 0 spiro atoms. The molecule has 1 aromatic heterocycles. The summed E-state index contributed by atoms with van der Waals surface area (Å²) in [4.78, 5) is 26.5. The lowest BCUT2D eigenvalue weighted by molar-refractivity contribution is -0.115. The van der Waals surface area contributed by atoms with Crippen molar-refractivity contribution in [1.82, 2.24) is 9.97 Å². The molecular formula is C26H33N5O2. The monoisotopic (exact) mass is 447 g/mol. The molecule has 0 aliphatic carbocycles. The summed E-state index contributed by atoms with van der Waals surface area (Å²) in [6.45, 7) is 7.77. The summed E-state index contributed by atoms with van der Waals surface area (Å²) in [6.07, 6.45) is 1.84. The Morgan fingerprint density at radius 1 is 0.909 bits per heavy atom. The van der Waals surface area contributed by atoms with E-state index < -0.39 is 0 Å². The summed E-state index contributed by atoms with van der Waals surface area (Å²) in [6, 6.07) is 20.0. The number of ether oxygens (including phenoxy) is 1. The number of methoxy groups -OCH3 is 1. The fraction of sp³-hybridized carbons (Fsp3) is 0.346. The highest BCUT2D eigenvalue weighted by molar-refractivity contribution is 5.98. The quantitative estimate of drug-likeness (QED) is 0.436. The molecule has 0 aliphatic heterocycles. The van der Waals surface area contributed by atoms with Crippen molar-refractivity contribution < 1.29 is 9.53 Å². The standard InChI is InChI=1S/C26H33N5O2/c1-5-17-30(21-13-9-7-10-14-21)19-23(32)29-24-25(27-20(3)28-26(24)33-4)31(18-6-2)22-15-11-8-12-16-22/h7-16H,5-6,17-19H2,1-4H3,(H,29,32). The van der Waals surface area contributed by atoms with Crippen LogP contribution in [0.4, 0.5) is 22.9 Å². The van der Waals surface area contributed by atoms with E-state index in [0.717, 1.165) is 37.3 Å². The number of nitrogens with zero attached hydrogens (tertiary/aromatic N) is 4. The molecule has 0 atom stereocenters. The number of nitrogens with one attached hydrogen (secondary N) is 1. The van der Waals surface area contributed by atoms with Gasteiger partial charge in [0.2, 0.25) is 11.8 Å². The van der Waals surface area contributed by atoms with Crippen LogP contribution in [0.3, 0.4) is 0 Å². The van der Waals surface area contributed by atoms with Gasteiger partial charge in [-0.1, -0.05) is 50.2 Å². The normalized spacial score (nSPS) is 10.5. The van der Waals surface area contributed by atoms with Gasteiger partial charge >= 0.3 is 0 Å². The van der Waals surface area contributed by atoms with Gasteiger partial charge in [-0.15, -0.1) is 0 Å². The van der Waals surface area contributed by atoms with Crippen LogP contribution in [0.15, 0.2) is 60.7 Å². The summed E-state index contributed by atoms with van der Waals surface area (Å²) < 4.78 is 5.56. The number of benzene rings is 2. The fourth-order valence-corrected chi connectivity index (χ4v) is 3.73. The number of anilines is 4. The van der Waals surface area contributed by atoms with Gasteiger partial charge in [0, 0.05) is 24.5 Å². The maximum absolute atomic E-state index is 13.2. The van der Waals surface area contributed by atoms with E-state index >= 15 is 0 Å². The van der Waals surface area contributed by atoms with Crippen molar-refractivity contribution in [3.8, 4) is 5.88 Å². The Bertz CT molecular complexity index is 1030. The number of amides is 1. The zero-order valence-electron chi connectivity index (χ0n) is 19.9. The van der Waals surface area contributed by atoms with E-state index in [9.17, 15) is 4.79 Å². The Labute approximate surface area is 196 Å². The van der Waals surface area contributed by atoms with Gasteiger partial charge in [-0.25, -0.2) is 4.98 Å². The lowest BCUT2D eigenvalue weighted by Crippen LogP contribution is -2.34. The first-order valence-electron chi connectivity index (χ1n) is 11.4. The van der Waals surface area contributed by atoms with E-state index in [1.165, 1.54) is 0 Å². The second-order valence-electron chi connectivity index (χ2n) is 7.77. The second-order valence-corrected chi connectivity index (χ2v) is 7.77. The van der Waals surface area contributed by atoms with Crippen LogP contribution in [0, 0.1) is 6.92 Å². The molecule has 3 aromatic rings. The number of carbonyl (C=O) groups excluding carboxylic acids is 1. The van der Waals surface area contributed by atoms with Gasteiger partial charge in [0.25, 0.3) is 0 Å². The molecule has 0 unspecified atom stereocenters. The topological polar surface area (TPSA) is 70.6 Å². The Morgan fingerprint density at radius 2 is 1.52 bits per heavy atom. The van der Waals surface area contributed by atoms with Crippen molar-refractivity contribution in [3.63, 3.8) is 0 Å². The molecule has 7 heteroatoms. The Balaban J connectivity index is 1.95. The molecule has 174 valence electrons. The van der Waals surface area contributed by atoms with Crippen molar-refractivity contribution in [2.24, 2.45) is 0 Å². The number of hydrogen-bond donors (Lipinski definition) is 1. The van der Waals surface area contributed by atoms with E-state index in [4.69, 9.17) is 9.72 Å². The Kier molecular flexibility index (Phi) is 8.63. The summed E-state index contributed by atoms with van der Waals surface area (Å²) in [5, 5.41) is 3.05. The van der Waals surface area contributed by atoms with Gasteiger partial charge in [0.05, 0.1) is 13.7 Å². The van der Waals surface area contributed by atoms with Gasteiger partial charge in [-0.05, 0) is 44.0 Å². The van der Waals surface area contributed by atoms with Crippen LogP contribution in [0.5, 0.6) is 5.88 Å². The molecule has 1 N–H and O–H groups in total. The maximum Gasteiger partial charge on any atom is 0.244 e. The van der Waals surface area contributed by atoms with Crippen LogP contribution < -0.4 is 19.9 Å². The zero-order chi connectivity index (χ0) is 23.6. The summed E-state index contributed by atoms with van der Waals surface area (Å²) >= 11 is 0. The molecule has 33 heavy (non-hydrogen) atoms. The number of aryl methyl sites for hydroxylation is 1. The molecule has 1 heterocycles. The molecule has 0 saturated carbocycles. The average molecular weight is 448 g/mol. The van der Waals surface area contributed by atoms with E-state index in [1.54, 1.807) is 7.11 Å². The summed E-state index contributed by atoms with van der Waals surface area (Å²) in [7, 11) is 1.56. The van der Waals surface area contributed by atoms with Gasteiger partial charge in [-0.2, -0.15) is 4.98 Å². The minimum Gasteiger partial charge on any atom is -0.479 e. The average Bonchev–Trinajstić information content (AvgIpc) is 2.84. The molecule has 0 fully saturated rings. The van der Waals surface area contributed by atoms with E-state index in [1.807, 2.05) is 67.6 Å². The predicted molar refractivity (Wildman–Crippen MR) is 135 cm³/mol. The van der Waals surface area contributed by atoms with E-state index in [-0.39, 0.29) is 12.5 Å². The number of aromatic nitrogens is 2. The predicted octanol–water partition coefficient (Wildman–Crippen LogP) is 5.20. The molecule has 0 aliphatic rings. The lowest BCUT2D eigenvalue weighted by Gasteiger charge is -2.27. The van der Waals surface area contributed by atoms with E-state index in [0.29, 0.717) is 23.2 Å². The van der Waals surface area contributed by atoms with Gasteiger partial charge in [-0.3, -0.25) is 4.79 Å². The highest BCUT2D eigenvalue weighted by Crippen LogP contribution is 2.36. The first-order chi connectivity index (χ1) is 16.1. The highest BCUT2D eigenvalue weighted by Gasteiger charge is 2.23. The number of rotatable bonds is 11. The van der Waals surface area contributed by atoms with Crippen molar-refractivity contribution in [2.45, 2.75) is 33.6 Å². The van der Waals surface area contributed by atoms with Crippen molar-refractivity contribution in [3.05, 3.63) is 66.5 Å². The van der Waals surface area contributed by atoms with E-state index in [2.05, 4.69) is 33.9 Å². The number of carbonyl (C=O) groups is 1. The van der Waals surface area contributed by atoms with Crippen LogP contribution in [0.25, 0.3) is 0 Å².